The second-order valence-electron chi connectivity index (χ2n) is 8.43. The molecule has 3 N–H and O–H groups in total. The number of rotatable bonds is 11. The molecule has 3 amide bonds. The molecule has 0 fully saturated rings. The molecule has 3 aromatic rings. The molecule has 0 aliphatic rings. The first-order valence-electron chi connectivity index (χ1n) is 12.5. The monoisotopic (exact) mass is 658 g/mol. The second kappa shape index (κ2) is 14.9. The third kappa shape index (κ3) is 8.43. The molecule has 0 aromatic heterocycles. The number of para-hydroxylation sites is 2. The van der Waals surface area contributed by atoms with E-state index in [1.165, 1.54) is 6.21 Å². The maximum absolute atomic E-state index is 12.5. The predicted molar refractivity (Wildman–Crippen MR) is 162 cm³/mol. The van der Waals surface area contributed by atoms with E-state index in [1.807, 2.05) is 45.9 Å². The minimum atomic E-state index is -0.947. The van der Waals surface area contributed by atoms with Gasteiger partial charge in [0.05, 0.1) is 28.7 Å². The lowest BCUT2D eigenvalue weighted by Gasteiger charge is -2.15. The van der Waals surface area contributed by atoms with Crippen molar-refractivity contribution in [3.05, 3.63) is 74.9 Å². The Labute approximate surface area is 246 Å². The molecule has 3 aromatic carbocycles. The van der Waals surface area contributed by atoms with Gasteiger partial charge in [0, 0.05) is 5.69 Å². The highest BCUT2D eigenvalue weighted by atomic mass is 127. The number of anilines is 2. The van der Waals surface area contributed by atoms with Crippen molar-refractivity contribution in [1.82, 2.24) is 5.43 Å². The van der Waals surface area contributed by atoms with Crippen LogP contribution >= 0.6 is 22.6 Å². The molecule has 0 saturated carbocycles. The number of amides is 3. The largest absolute Gasteiger partial charge is 0.492 e. The summed E-state index contributed by atoms with van der Waals surface area (Å²) < 4.78 is 17.7. The summed E-state index contributed by atoms with van der Waals surface area (Å²) in [5.41, 5.74) is 5.97. The van der Waals surface area contributed by atoms with Gasteiger partial charge in [0.15, 0.2) is 18.1 Å². The van der Waals surface area contributed by atoms with E-state index in [0.29, 0.717) is 45.3 Å². The average Bonchev–Trinajstić information content (AvgIpc) is 2.92. The van der Waals surface area contributed by atoms with E-state index >= 15 is 0 Å². The number of hydrogen-bond donors (Lipinski definition) is 3. The van der Waals surface area contributed by atoms with Gasteiger partial charge in [-0.2, -0.15) is 5.10 Å². The molecule has 0 bridgehead atoms. The van der Waals surface area contributed by atoms with Crippen molar-refractivity contribution >= 4 is 57.9 Å². The van der Waals surface area contributed by atoms with Crippen LogP contribution in [-0.4, -0.2) is 43.8 Å². The number of carbonyl (C=O) groups excluding carboxylic acids is 3. The average molecular weight is 658 g/mol. The molecule has 0 atom stereocenters. The Balaban J connectivity index is 1.63. The zero-order valence-corrected chi connectivity index (χ0v) is 24.8. The highest BCUT2D eigenvalue weighted by Gasteiger charge is 2.17. The van der Waals surface area contributed by atoms with Crippen molar-refractivity contribution in [2.75, 3.05) is 30.5 Å². The first-order valence-corrected chi connectivity index (χ1v) is 13.6. The first kappa shape index (κ1) is 30.4. The number of benzene rings is 3. The predicted octanol–water partition coefficient (Wildman–Crippen LogP) is 4.81. The molecular weight excluding hydrogens is 627 g/mol. The van der Waals surface area contributed by atoms with Crippen molar-refractivity contribution in [2.45, 2.75) is 27.7 Å². The third-order valence-corrected chi connectivity index (χ3v) is 6.38. The summed E-state index contributed by atoms with van der Waals surface area (Å²) in [6.07, 6.45) is 1.38. The molecule has 0 aliphatic carbocycles. The third-order valence-electron chi connectivity index (χ3n) is 5.58. The van der Waals surface area contributed by atoms with E-state index < -0.39 is 11.8 Å². The normalized spacial score (nSPS) is 10.6. The van der Waals surface area contributed by atoms with Crippen LogP contribution in [0.5, 0.6) is 17.2 Å². The van der Waals surface area contributed by atoms with Crippen LogP contribution in [0.2, 0.25) is 0 Å². The number of nitrogens with zero attached hydrogens (tertiary/aromatic N) is 1. The molecule has 0 heterocycles. The smallest absolute Gasteiger partial charge is 0.329 e. The summed E-state index contributed by atoms with van der Waals surface area (Å²) in [6.45, 7) is 8.13. The maximum Gasteiger partial charge on any atom is 0.329 e. The van der Waals surface area contributed by atoms with Gasteiger partial charge in [0.1, 0.15) is 5.75 Å². The summed E-state index contributed by atoms with van der Waals surface area (Å²) in [5, 5.41) is 9.27. The van der Waals surface area contributed by atoms with E-state index in [4.69, 9.17) is 14.2 Å². The van der Waals surface area contributed by atoms with E-state index in [1.54, 1.807) is 36.4 Å². The van der Waals surface area contributed by atoms with Crippen LogP contribution in [-0.2, 0) is 14.4 Å². The van der Waals surface area contributed by atoms with Gasteiger partial charge in [-0.25, -0.2) is 5.43 Å². The van der Waals surface area contributed by atoms with Crippen LogP contribution in [0, 0.1) is 17.4 Å². The van der Waals surface area contributed by atoms with Gasteiger partial charge in [0.25, 0.3) is 5.91 Å². The summed E-state index contributed by atoms with van der Waals surface area (Å²) in [5.74, 6) is -0.867. The Kier molecular flexibility index (Phi) is 11.3. The summed E-state index contributed by atoms with van der Waals surface area (Å²) in [6, 6.07) is 15.9. The van der Waals surface area contributed by atoms with Gasteiger partial charge >= 0.3 is 11.8 Å². The topological polar surface area (TPSA) is 127 Å². The van der Waals surface area contributed by atoms with Gasteiger partial charge in [-0.15, -0.1) is 0 Å². The molecule has 0 spiro atoms. The van der Waals surface area contributed by atoms with Gasteiger partial charge in [-0.05, 0) is 97.3 Å². The van der Waals surface area contributed by atoms with E-state index in [0.717, 1.165) is 16.8 Å². The fourth-order valence-corrected chi connectivity index (χ4v) is 4.30. The summed E-state index contributed by atoms with van der Waals surface area (Å²) in [7, 11) is 0. The molecule has 11 heteroatoms. The SMILES string of the molecule is CCOc1ccccc1NC(=O)C(=O)N/N=C\c1cc(I)c(OCC(=O)Nc2cccc(C)c2C)c(OCC)c1. The Morgan fingerprint density at radius 2 is 1.55 bits per heavy atom. The van der Waals surface area contributed by atoms with Crippen molar-refractivity contribution < 1.29 is 28.6 Å². The van der Waals surface area contributed by atoms with Gasteiger partial charge in [-0.3, -0.25) is 14.4 Å². The van der Waals surface area contributed by atoms with Gasteiger partial charge in [-0.1, -0.05) is 24.3 Å². The maximum atomic E-state index is 12.5. The number of halogens is 1. The fourth-order valence-electron chi connectivity index (χ4n) is 3.52. The minimum absolute atomic E-state index is 0.214. The molecule has 3 rings (SSSR count). The Morgan fingerprint density at radius 1 is 0.850 bits per heavy atom. The van der Waals surface area contributed by atoms with Gasteiger partial charge in [0.2, 0.25) is 0 Å². The highest BCUT2D eigenvalue weighted by Crippen LogP contribution is 2.34. The zero-order chi connectivity index (χ0) is 29.1. The quantitative estimate of drug-likeness (QED) is 0.118. The standard InChI is InChI=1S/C29H31IN4O6/c1-5-38-24-13-8-7-11-23(24)33-28(36)29(37)34-31-16-20-14-21(30)27(25(15-20)39-6-2)40-17-26(35)32-22-12-9-10-18(3)19(22)4/h7-16H,5-6,17H2,1-4H3,(H,32,35)(H,33,36)(H,34,37)/b31-16-. The first-order chi connectivity index (χ1) is 19.2. The van der Waals surface area contributed by atoms with Crippen LogP contribution in [0.3, 0.4) is 0 Å². The van der Waals surface area contributed by atoms with Crippen LogP contribution < -0.4 is 30.3 Å². The number of ether oxygens (including phenoxy) is 3. The van der Waals surface area contributed by atoms with Crippen LogP contribution in [0.25, 0.3) is 0 Å². The Bertz CT molecular complexity index is 1410. The molecular formula is C29H31IN4O6. The Hall–Kier alpha value is -4.13. The van der Waals surface area contributed by atoms with Crippen LogP contribution in [0.4, 0.5) is 11.4 Å². The lowest BCUT2D eigenvalue weighted by molar-refractivity contribution is -0.136. The molecule has 0 aliphatic heterocycles. The van der Waals surface area contributed by atoms with Crippen molar-refractivity contribution in [3.8, 4) is 17.2 Å². The van der Waals surface area contributed by atoms with Crippen LogP contribution in [0.1, 0.15) is 30.5 Å². The zero-order valence-electron chi connectivity index (χ0n) is 22.7. The summed E-state index contributed by atoms with van der Waals surface area (Å²) >= 11 is 2.07. The lowest BCUT2D eigenvalue weighted by atomic mass is 10.1. The second-order valence-corrected chi connectivity index (χ2v) is 9.59. The van der Waals surface area contributed by atoms with Crippen LogP contribution in [0.15, 0.2) is 59.7 Å². The molecule has 10 nitrogen and oxygen atoms in total. The number of aryl methyl sites for hydroxylation is 1. The van der Waals surface area contributed by atoms with E-state index in [9.17, 15) is 14.4 Å². The van der Waals surface area contributed by atoms with Gasteiger partial charge < -0.3 is 24.8 Å². The van der Waals surface area contributed by atoms with Crippen molar-refractivity contribution in [2.24, 2.45) is 5.10 Å². The molecule has 40 heavy (non-hydrogen) atoms. The lowest BCUT2D eigenvalue weighted by Crippen LogP contribution is -2.32. The van der Waals surface area contributed by atoms with E-state index in [-0.39, 0.29) is 12.5 Å². The fraction of sp³-hybridized carbons (Fsp3) is 0.241. The molecule has 210 valence electrons. The van der Waals surface area contributed by atoms with Crippen molar-refractivity contribution in [1.29, 1.82) is 0 Å². The number of carbonyl (C=O) groups is 3. The molecule has 0 radical (unpaired) electrons. The molecule has 0 saturated heterocycles. The molecule has 0 unspecified atom stereocenters. The minimum Gasteiger partial charge on any atom is -0.492 e. The van der Waals surface area contributed by atoms with E-state index in [2.05, 4.69) is 43.8 Å². The highest BCUT2D eigenvalue weighted by molar-refractivity contribution is 14.1. The number of hydrogen-bond acceptors (Lipinski definition) is 7. The number of nitrogens with one attached hydrogen (secondary N) is 3. The summed E-state index contributed by atoms with van der Waals surface area (Å²) in [4.78, 5) is 37.1. The van der Waals surface area contributed by atoms with Crippen molar-refractivity contribution in [3.63, 3.8) is 0 Å². The Morgan fingerprint density at radius 3 is 2.30 bits per heavy atom. The number of hydrazone groups is 1.